The first-order chi connectivity index (χ1) is 7.92. The second kappa shape index (κ2) is 5.61. The predicted octanol–water partition coefficient (Wildman–Crippen LogP) is 3.44. The largest absolute Gasteiger partial charge is 0.371 e. The summed E-state index contributed by atoms with van der Waals surface area (Å²) in [6, 6.07) is 8.52. The summed E-state index contributed by atoms with van der Waals surface area (Å²) < 4.78 is 0. The molecule has 1 aliphatic rings. The molecule has 1 heterocycles. The zero-order valence-electron chi connectivity index (χ0n) is 10.00. The summed E-state index contributed by atoms with van der Waals surface area (Å²) in [6.07, 6.45) is 4.76. The number of benzene rings is 1. The number of anilines is 1. The van der Waals surface area contributed by atoms with Crippen molar-refractivity contribution in [2.75, 3.05) is 18.0 Å². The molecule has 16 heavy (non-hydrogen) atoms. The lowest BCUT2D eigenvalue weighted by Crippen LogP contribution is -2.18. The topological polar surface area (TPSA) is 3.24 Å². The van der Waals surface area contributed by atoms with E-state index < -0.39 is 0 Å². The molecule has 1 fully saturated rings. The van der Waals surface area contributed by atoms with Gasteiger partial charge in [0.2, 0.25) is 0 Å². The number of unbranched alkanes of at least 4 members (excludes halogenated alkanes) is 1. The smallest absolute Gasteiger partial charge is 0.0525 e. The molecule has 0 bridgehead atoms. The summed E-state index contributed by atoms with van der Waals surface area (Å²) in [6.45, 7) is 4.54. The quantitative estimate of drug-likeness (QED) is 0.680. The first kappa shape index (κ1) is 11.1. The van der Waals surface area contributed by atoms with Gasteiger partial charge >= 0.3 is 0 Å². The summed E-state index contributed by atoms with van der Waals surface area (Å²) in [4.78, 5) is 2.45. The third-order valence-corrected chi connectivity index (χ3v) is 2.95. The van der Waals surface area contributed by atoms with Crippen LogP contribution in [0.15, 0.2) is 24.3 Å². The fourth-order valence-electron chi connectivity index (χ4n) is 2.10. The predicted molar refractivity (Wildman–Crippen MR) is 69.7 cm³/mol. The molecule has 1 saturated heterocycles. The summed E-state index contributed by atoms with van der Waals surface area (Å²) in [5, 5.41) is 0. The molecule has 1 aliphatic heterocycles. The Morgan fingerprint density at radius 1 is 1.19 bits per heavy atom. The van der Waals surface area contributed by atoms with Crippen molar-refractivity contribution in [2.24, 2.45) is 0 Å². The maximum atomic E-state index is 3.30. The number of nitrogens with zero attached hydrogens (tertiary/aromatic N) is 1. The number of hydrogen-bond donors (Lipinski definition) is 0. The molecule has 0 amide bonds. The highest BCUT2D eigenvalue weighted by atomic mass is 15.1. The van der Waals surface area contributed by atoms with Crippen LogP contribution in [0.4, 0.5) is 5.69 Å². The van der Waals surface area contributed by atoms with Crippen molar-refractivity contribution < 1.29 is 0 Å². The lowest BCUT2D eigenvalue weighted by Gasteiger charge is -2.19. The summed E-state index contributed by atoms with van der Waals surface area (Å²) in [7, 11) is 0. The molecular weight excluding hydrogens is 194 g/mol. The van der Waals surface area contributed by atoms with Gasteiger partial charge in [-0.1, -0.05) is 30.9 Å². The molecule has 0 aromatic heterocycles. The molecule has 1 nitrogen and oxygen atoms in total. The van der Waals surface area contributed by atoms with Crippen LogP contribution in [0.25, 0.3) is 0 Å². The molecule has 84 valence electrons. The lowest BCUT2D eigenvalue weighted by molar-refractivity contribution is 0.949. The third kappa shape index (κ3) is 2.58. The van der Waals surface area contributed by atoms with Crippen LogP contribution in [0.3, 0.4) is 0 Å². The van der Waals surface area contributed by atoms with Gasteiger partial charge in [-0.25, -0.2) is 0 Å². The lowest BCUT2D eigenvalue weighted by atomic mass is 10.1. The van der Waals surface area contributed by atoms with Crippen molar-refractivity contribution in [3.63, 3.8) is 0 Å². The van der Waals surface area contributed by atoms with Gasteiger partial charge in [-0.15, -0.1) is 0 Å². The molecule has 0 unspecified atom stereocenters. The fraction of sp³-hybridized carbons (Fsp3) is 0.467. The van der Waals surface area contributed by atoms with E-state index in [1.165, 1.54) is 37.2 Å². The van der Waals surface area contributed by atoms with Crippen LogP contribution in [-0.2, 0) is 0 Å². The van der Waals surface area contributed by atoms with Crippen LogP contribution in [0.1, 0.15) is 38.2 Å². The van der Waals surface area contributed by atoms with Crippen molar-refractivity contribution in [2.45, 2.75) is 32.6 Å². The highest BCUT2D eigenvalue weighted by Crippen LogP contribution is 2.23. The second-order valence-electron chi connectivity index (χ2n) is 4.26. The Balaban J connectivity index is 2.20. The van der Waals surface area contributed by atoms with E-state index in [1.807, 2.05) is 0 Å². The van der Waals surface area contributed by atoms with E-state index in [2.05, 4.69) is 47.9 Å². The third-order valence-electron chi connectivity index (χ3n) is 2.95. The Hall–Kier alpha value is -1.42. The van der Waals surface area contributed by atoms with Crippen LogP contribution in [0.5, 0.6) is 0 Å². The molecular formula is C15H19N. The molecule has 2 rings (SSSR count). The monoisotopic (exact) mass is 213 g/mol. The Bertz CT molecular complexity index is 391. The van der Waals surface area contributed by atoms with Gasteiger partial charge in [-0.3, -0.25) is 0 Å². The first-order valence-corrected chi connectivity index (χ1v) is 6.24. The molecule has 1 aromatic carbocycles. The van der Waals surface area contributed by atoms with Crippen molar-refractivity contribution in [3.05, 3.63) is 29.8 Å². The van der Waals surface area contributed by atoms with E-state index in [9.17, 15) is 0 Å². The molecule has 0 saturated carbocycles. The van der Waals surface area contributed by atoms with Crippen molar-refractivity contribution in [1.82, 2.24) is 0 Å². The average Bonchev–Trinajstić information content (AvgIpc) is 2.83. The van der Waals surface area contributed by atoms with Gasteiger partial charge in [-0.2, -0.15) is 0 Å². The maximum absolute atomic E-state index is 3.30. The van der Waals surface area contributed by atoms with Crippen molar-refractivity contribution in [1.29, 1.82) is 0 Å². The van der Waals surface area contributed by atoms with Crippen molar-refractivity contribution in [3.8, 4) is 11.8 Å². The molecule has 1 heteroatoms. The van der Waals surface area contributed by atoms with E-state index >= 15 is 0 Å². The van der Waals surface area contributed by atoms with Gasteiger partial charge in [0.1, 0.15) is 0 Å². The van der Waals surface area contributed by atoms with E-state index in [0.717, 1.165) is 12.8 Å². The van der Waals surface area contributed by atoms with Gasteiger partial charge in [0.15, 0.2) is 0 Å². The van der Waals surface area contributed by atoms with Crippen LogP contribution in [0.2, 0.25) is 0 Å². The fourth-order valence-corrected chi connectivity index (χ4v) is 2.10. The van der Waals surface area contributed by atoms with E-state index in [1.54, 1.807) is 0 Å². The van der Waals surface area contributed by atoms with Gasteiger partial charge in [-0.05, 0) is 31.4 Å². The highest BCUT2D eigenvalue weighted by Gasteiger charge is 2.14. The van der Waals surface area contributed by atoms with E-state index in [-0.39, 0.29) is 0 Å². The molecule has 0 atom stereocenters. The highest BCUT2D eigenvalue weighted by molar-refractivity contribution is 5.61. The number of hydrogen-bond acceptors (Lipinski definition) is 1. The average molecular weight is 213 g/mol. The SMILES string of the molecule is CCCC#Cc1ccccc1N1CCCC1. The number of para-hydroxylation sites is 1. The summed E-state index contributed by atoms with van der Waals surface area (Å²) >= 11 is 0. The van der Waals surface area contributed by atoms with Gasteiger partial charge in [0.05, 0.1) is 5.69 Å². The normalized spacial score (nSPS) is 14.7. The molecule has 0 aliphatic carbocycles. The standard InChI is InChI=1S/C15H19N/c1-2-3-4-9-14-10-5-6-11-15(14)16-12-7-8-13-16/h5-6,10-11H,2-3,7-8,12-13H2,1H3. The Morgan fingerprint density at radius 2 is 1.94 bits per heavy atom. The summed E-state index contributed by atoms with van der Waals surface area (Å²) in [5.74, 6) is 6.54. The Morgan fingerprint density at radius 3 is 2.69 bits per heavy atom. The minimum absolute atomic E-state index is 0.994. The Kier molecular flexibility index (Phi) is 3.88. The zero-order chi connectivity index (χ0) is 11.2. The molecule has 0 spiro atoms. The van der Waals surface area contributed by atoms with Crippen molar-refractivity contribution >= 4 is 5.69 Å². The van der Waals surface area contributed by atoms with Gasteiger partial charge in [0, 0.05) is 25.1 Å². The van der Waals surface area contributed by atoms with E-state index in [0.29, 0.717) is 0 Å². The van der Waals surface area contributed by atoms with E-state index in [4.69, 9.17) is 0 Å². The van der Waals surface area contributed by atoms with Crippen LogP contribution < -0.4 is 4.90 Å². The molecule has 1 aromatic rings. The van der Waals surface area contributed by atoms with Crippen LogP contribution in [0, 0.1) is 11.8 Å². The first-order valence-electron chi connectivity index (χ1n) is 6.24. The summed E-state index contributed by atoms with van der Waals surface area (Å²) in [5.41, 5.74) is 2.52. The molecule has 0 radical (unpaired) electrons. The maximum Gasteiger partial charge on any atom is 0.0525 e. The second-order valence-corrected chi connectivity index (χ2v) is 4.26. The number of rotatable bonds is 2. The zero-order valence-corrected chi connectivity index (χ0v) is 10.00. The van der Waals surface area contributed by atoms with Gasteiger partial charge in [0.25, 0.3) is 0 Å². The van der Waals surface area contributed by atoms with Crippen LogP contribution >= 0.6 is 0 Å². The minimum atomic E-state index is 0.994. The molecule has 0 N–H and O–H groups in total. The van der Waals surface area contributed by atoms with Crippen LogP contribution in [-0.4, -0.2) is 13.1 Å². The minimum Gasteiger partial charge on any atom is -0.371 e. The Labute approximate surface area is 98.5 Å². The van der Waals surface area contributed by atoms with Gasteiger partial charge < -0.3 is 4.90 Å².